The summed E-state index contributed by atoms with van der Waals surface area (Å²) in [7, 11) is 1.46. The molecule has 2 aromatic carbocycles. The van der Waals surface area contributed by atoms with Crippen molar-refractivity contribution in [3.8, 4) is 5.75 Å². The van der Waals surface area contributed by atoms with Crippen LogP contribution in [0, 0.1) is 11.6 Å². The lowest BCUT2D eigenvalue weighted by Gasteiger charge is -2.23. The van der Waals surface area contributed by atoms with Crippen molar-refractivity contribution in [2.24, 2.45) is 0 Å². The molecular weight excluding hydrogens is 324 g/mol. The summed E-state index contributed by atoms with van der Waals surface area (Å²) in [6.45, 7) is 2.19. The first kappa shape index (κ1) is 17.2. The molecular formula is C17H16ClF2NO2. The van der Waals surface area contributed by atoms with E-state index in [9.17, 15) is 13.6 Å². The summed E-state index contributed by atoms with van der Waals surface area (Å²) in [4.78, 5) is 14.1. The van der Waals surface area contributed by atoms with Crippen LogP contribution < -0.4 is 9.64 Å². The molecule has 0 N–H and O–H groups in total. The van der Waals surface area contributed by atoms with Gasteiger partial charge in [0.15, 0.2) is 0 Å². The first-order valence-corrected chi connectivity index (χ1v) is 7.45. The van der Waals surface area contributed by atoms with Gasteiger partial charge in [-0.3, -0.25) is 4.79 Å². The van der Waals surface area contributed by atoms with E-state index in [4.69, 9.17) is 16.3 Å². The molecule has 2 rings (SSSR count). The van der Waals surface area contributed by atoms with Crippen LogP contribution in [0.1, 0.15) is 23.7 Å². The number of halogens is 3. The third-order valence-electron chi connectivity index (χ3n) is 3.21. The summed E-state index contributed by atoms with van der Waals surface area (Å²) in [5, 5.41) is 0.342. The van der Waals surface area contributed by atoms with Crippen molar-refractivity contribution in [3.05, 3.63) is 58.6 Å². The van der Waals surface area contributed by atoms with Crippen LogP contribution in [0.3, 0.4) is 0 Å². The van der Waals surface area contributed by atoms with Gasteiger partial charge in [0.25, 0.3) is 5.91 Å². The van der Waals surface area contributed by atoms with Gasteiger partial charge >= 0.3 is 0 Å². The Hall–Kier alpha value is -2.14. The Bertz CT molecular complexity index is 701. The second-order valence-electron chi connectivity index (χ2n) is 4.96. The summed E-state index contributed by atoms with van der Waals surface area (Å²) in [5.41, 5.74) is 0.445. The van der Waals surface area contributed by atoms with Gasteiger partial charge in [-0.2, -0.15) is 0 Å². The zero-order valence-corrected chi connectivity index (χ0v) is 13.5. The quantitative estimate of drug-likeness (QED) is 0.791. The second kappa shape index (κ2) is 7.42. The summed E-state index contributed by atoms with van der Waals surface area (Å²) in [6, 6.07) is 7.61. The van der Waals surface area contributed by atoms with E-state index in [1.807, 2.05) is 6.92 Å². The molecule has 0 fully saturated rings. The zero-order valence-electron chi connectivity index (χ0n) is 12.8. The summed E-state index contributed by atoms with van der Waals surface area (Å²) in [6.07, 6.45) is 0.627. The maximum atomic E-state index is 13.5. The highest BCUT2D eigenvalue weighted by atomic mass is 35.5. The predicted molar refractivity (Wildman–Crippen MR) is 86.3 cm³/mol. The second-order valence-corrected chi connectivity index (χ2v) is 5.40. The molecule has 122 valence electrons. The molecule has 2 aromatic rings. The Labute approximate surface area is 138 Å². The summed E-state index contributed by atoms with van der Waals surface area (Å²) < 4.78 is 32.0. The number of benzene rings is 2. The maximum Gasteiger partial charge on any atom is 0.258 e. The number of ether oxygens (including phenoxy) is 1. The molecule has 0 aliphatic rings. The van der Waals surface area contributed by atoms with E-state index in [2.05, 4.69) is 0 Å². The Morgan fingerprint density at radius 2 is 1.78 bits per heavy atom. The number of hydrogen-bond donors (Lipinski definition) is 0. The highest BCUT2D eigenvalue weighted by molar-refractivity contribution is 6.31. The molecule has 1 amide bonds. The van der Waals surface area contributed by atoms with Gasteiger partial charge in [-0.25, -0.2) is 8.78 Å². The van der Waals surface area contributed by atoms with Gasteiger partial charge in [-0.15, -0.1) is 0 Å². The van der Waals surface area contributed by atoms with E-state index in [0.29, 0.717) is 23.7 Å². The van der Waals surface area contributed by atoms with Crippen molar-refractivity contribution in [1.29, 1.82) is 0 Å². The van der Waals surface area contributed by atoms with Crippen molar-refractivity contribution in [1.82, 2.24) is 0 Å². The fraction of sp³-hybridized carbons (Fsp3) is 0.235. The fourth-order valence-corrected chi connectivity index (χ4v) is 2.45. The number of anilines is 1. The molecule has 0 radical (unpaired) electrons. The molecule has 0 saturated carbocycles. The van der Waals surface area contributed by atoms with Crippen LogP contribution in [0.2, 0.25) is 5.02 Å². The van der Waals surface area contributed by atoms with Gasteiger partial charge in [0.05, 0.1) is 7.11 Å². The van der Waals surface area contributed by atoms with Crippen LogP contribution in [0.5, 0.6) is 5.75 Å². The number of carbonyl (C=O) groups excluding carboxylic acids is 1. The molecule has 6 heteroatoms. The molecule has 0 aromatic heterocycles. The zero-order chi connectivity index (χ0) is 17.0. The Kier molecular flexibility index (Phi) is 5.55. The SMILES string of the molecule is CCCN(C(=O)c1cc(Cl)cc(OC)c1)c1cc(F)cc(F)c1. The summed E-state index contributed by atoms with van der Waals surface area (Å²) in [5.74, 6) is -1.45. The maximum absolute atomic E-state index is 13.5. The molecule has 0 bridgehead atoms. The largest absolute Gasteiger partial charge is 0.497 e. The van der Waals surface area contributed by atoms with E-state index in [1.165, 1.54) is 24.1 Å². The predicted octanol–water partition coefficient (Wildman–Crippen LogP) is 4.68. The highest BCUT2D eigenvalue weighted by Gasteiger charge is 2.19. The van der Waals surface area contributed by atoms with Gasteiger partial charge in [0, 0.05) is 28.9 Å². The monoisotopic (exact) mass is 339 g/mol. The van der Waals surface area contributed by atoms with Crippen molar-refractivity contribution < 1.29 is 18.3 Å². The van der Waals surface area contributed by atoms with Crippen molar-refractivity contribution in [2.75, 3.05) is 18.6 Å². The van der Waals surface area contributed by atoms with E-state index < -0.39 is 17.5 Å². The van der Waals surface area contributed by atoms with Crippen LogP contribution in [0.15, 0.2) is 36.4 Å². The minimum Gasteiger partial charge on any atom is -0.497 e. The Morgan fingerprint density at radius 3 is 2.35 bits per heavy atom. The lowest BCUT2D eigenvalue weighted by atomic mass is 10.1. The first-order valence-electron chi connectivity index (χ1n) is 7.07. The molecule has 0 heterocycles. The van der Waals surface area contributed by atoms with Crippen molar-refractivity contribution in [2.45, 2.75) is 13.3 Å². The van der Waals surface area contributed by atoms with Crippen molar-refractivity contribution >= 4 is 23.2 Å². The normalized spacial score (nSPS) is 10.5. The lowest BCUT2D eigenvalue weighted by molar-refractivity contribution is 0.0986. The smallest absolute Gasteiger partial charge is 0.258 e. The number of hydrogen-bond acceptors (Lipinski definition) is 2. The van der Waals surface area contributed by atoms with Crippen LogP contribution in [-0.2, 0) is 0 Å². The Morgan fingerprint density at radius 1 is 1.13 bits per heavy atom. The van der Waals surface area contributed by atoms with Crippen molar-refractivity contribution in [3.63, 3.8) is 0 Å². The molecule has 0 atom stereocenters. The van der Waals surface area contributed by atoms with Crippen LogP contribution >= 0.6 is 11.6 Å². The highest BCUT2D eigenvalue weighted by Crippen LogP contribution is 2.25. The van der Waals surface area contributed by atoms with E-state index in [1.54, 1.807) is 6.07 Å². The van der Waals surface area contributed by atoms with Gasteiger partial charge in [-0.05, 0) is 36.8 Å². The minimum atomic E-state index is -0.738. The van der Waals surface area contributed by atoms with E-state index >= 15 is 0 Å². The fourth-order valence-electron chi connectivity index (χ4n) is 2.23. The van der Waals surface area contributed by atoms with Crippen LogP contribution in [0.4, 0.5) is 14.5 Å². The van der Waals surface area contributed by atoms with Gasteiger partial charge in [0.2, 0.25) is 0 Å². The number of rotatable bonds is 5. The molecule has 0 aliphatic carbocycles. The van der Waals surface area contributed by atoms with Gasteiger partial charge in [0.1, 0.15) is 17.4 Å². The average molecular weight is 340 g/mol. The number of amides is 1. The minimum absolute atomic E-state index is 0.160. The number of methoxy groups -OCH3 is 1. The van der Waals surface area contributed by atoms with Crippen LogP contribution in [0.25, 0.3) is 0 Å². The lowest BCUT2D eigenvalue weighted by Crippen LogP contribution is -2.31. The number of carbonyl (C=O) groups is 1. The first-order chi connectivity index (χ1) is 10.9. The third-order valence-corrected chi connectivity index (χ3v) is 3.42. The van der Waals surface area contributed by atoms with E-state index in [0.717, 1.165) is 18.2 Å². The number of nitrogens with zero attached hydrogens (tertiary/aromatic N) is 1. The summed E-state index contributed by atoms with van der Waals surface area (Å²) >= 11 is 5.98. The Balaban J connectivity index is 2.44. The molecule has 23 heavy (non-hydrogen) atoms. The van der Waals surface area contributed by atoms with Gasteiger partial charge in [-0.1, -0.05) is 18.5 Å². The van der Waals surface area contributed by atoms with Crippen LogP contribution in [-0.4, -0.2) is 19.6 Å². The molecule has 0 saturated heterocycles. The molecule has 3 nitrogen and oxygen atoms in total. The van der Waals surface area contributed by atoms with Gasteiger partial charge < -0.3 is 9.64 Å². The van der Waals surface area contributed by atoms with E-state index in [-0.39, 0.29) is 11.3 Å². The topological polar surface area (TPSA) is 29.5 Å². The molecule has 0 spiro atoms. The third kappa shape index (κ3) is 4.20. The molecule has 0 unspecified atom stereocenters. The standard InChI is InChI=1S/C17H16ClF2NO2/c1-3-4-21(15-9-13(19)8-14(20)10-15)17(22)11-5-12(18)7-16(6-11)23-2/h5-10H,3-4H2,1-2H3. The average Bonchev–Trinajstić information content (AvgIpc) is 2.50. The molecule has 0 aliphatic heterocycles.